The lowest BCUT2D eigenvalue weighted by atomic mass is 9.75. The van der Waals surface area contributed by atoms with Crippen LogP contribution in [0.15, 0.2) is 6.07 Å². The minimum atomic E-state index is -1.15. The molecule has 2 fully saturated rings. The molecule has 1 aliphatic carbocycles. The molecule has 1 aliphatic heterocycles. The van der Waals surface area contributed by atoms with E-state index in [2.05, 4.69) is 0 Å². The molecule has 154 valence electrons. The van der Waals surface area contributed by atoms with Gasteiger partial charge >= 0.3 is 13.1 Å². The van der Waals surface area contributed by atoms with Gasteiger partial charge in [0.2, 0.25) is 0 Å². The van der Waals surface area contributed by atoms with Gasteiger partial charge in [-0.15, -0.1) is 0 Å². The summed E-state index contributed by atoms with van der Waals surface area (Å²) in [4.78, 5) is 11.8. The van der Waals surface area contributed by atoms with Crippen LogP contribution in [-0.2, 0) is 18.8 Å². The van der Waals surface area contributed by atoms with E-state index in [0.29, 0.717) is 5.56 Å². The van der Waals surface area contributed by atoms with Gasteiger partial charge in [-0.1, -0.05) is 6.07 Å². The maximum absolute atomic E-state index is 15.4. The van der Waals surface area contributed by atoms with Crippen LogP contribution in [0.3, 0.4) is 0 Å². The highest BCUT2D eigenvalue weighted by molar-refractivity contribution is 6.62. The normalized spacial score (nSPS) is 21.6. The summed E-state index contributed by atoms with van der Waals surface area (Å²) in [6.45, 7) is 9.30. The Morgan fingerprint density at radius 2 is 1.82 bits per heavy atom. The summed E-state index contributed by atoms with van der Waals surface area (Å²) in [5.74, 6) is -2.08. The highest BCUT2D eigenvalue weighted by atomic mass is 19.1. The quantitative estimate of drug-likeness (QED) is 0.592. The lowest BCUT2D eigenvalue weighted by molar-refractivity contribution is -0.143. The summed E-state index contributed by atoms with van der Waals surface area (Å²) in [6, 6.07) is 0.337. The molecule has 0 bridgehead atoms. The molecule has 5 nitrogen and oxygen atoms in total. The summed E-state index contributed by atoms with van der Waals surface area (Å²) >= 11 is 0. The number of hydrogen-bond donors (Lipinski definition) is 1. The van der Waals surface area contributed by atoms with Crippen LogP contribution in [0, 0.1) is 11.6 Å². The average Bonchev–Trinajstić information content (AvgIpc) is 3.35. The number of carbonyl (C=O) groups excluding carboxylic acids is 1. The third-order valence-corrected chi connectivity index (χ3v) is 5.88. The zero-order valence-electron chi connectivity index (χ0n) is 17.1. The Hall–Kier alpha value is -1.51. The Balaban J connectivity index is 2.02. The first kappa shape index (κ1) is 21.2. The Bertz CT molecular complexity index is 764. The second-order valence-electron chi connectivity index (χ2n) is 8.57. The van der Waals surface area contributed by atoms with E-state index in [1.807, 2.05) is 27.7 Å². The third kappa shape index (κ3) is 3.82. The first-order valence-corrected chi connectivity index (χ1v) is 9.77. The molecule has 1 aromatic rings. The molecule has 3 rings (SSSR count). The summed E-state index contributed by atoms with van der Waals surface area (Å²) in [6.07, 6.45) is 1.36. The van der Waals surface area contributed by atoms with Crippen LogP contribution in [0.1, 0.15) is 77.0 Å². The summed E-state index contributed by atoms with van der Waals surface area (Å²) in [5.41, 5.74) is 4.93. The number of esters is 1. The fourth-order valence-corrected chi connectivity index (χ4v) is 3.36. The van der Waals surface area contributed by atoms with E-state index in [4.69, 9.17) is 19.8 Å². The van der Waals surface area contributed by atoms with Crippen molar-refractivity contribution < 1.29 is 27.6 Å². The van der Waals surface area contributed by atoms with Gasteiger partial charge in [0.1, 0.15) is 11.6 Å². The van der Waals surface area contributed by atoms with Crippen molar-refractivity contribution in [3.8, 4) is 0 Å². The number of carbonyl (C=O) groups is 1. The lowest BCUT2D eigenvalue weighted by Crippen LogP contribution is -2.41. The van der Waals surface area contributed by atoms with Crippen molar-refractivity contribution in [2.24, 2.45) is 5.73 Å². The molecule has 2 aliphatic rings. The molecular weight excluding hydrogens is 367 g/mol. The van der Waals surface area contributed by atoms with Crippen molar-refractivity contribution in [2.45, 2.75) is 77.0 Å². The van der Waals surface area contributed by atoms with E-state index < -0.39 is 42.0 Å². The van der Waals surface area contributed by atoms with Crippen LogP contribution in [0.25, 0.3) is 0 Å². The average molecular weight is 395 g/mol. The summed E-state index contributed by atoms with van der Waals surface area (Å²) in [7, 11) is -0.975. The second-order valence-corrected chi connectivity index (χ2v) is 8.57. The molecule has 1 atom stereocenters. The predicted molar refractivity (Wildman–Crippen MR) is 102 cm³/mol. The van der Waals surface area contributed by atoms with E-state index in [-0.39, 0.29) is 30.0 Å². The second kappa shape index (κ2) is 7.39. The molecule has 0 unspecified atom stereocenters. The van der Waals surface area contributed by atoms with E-state index >= 15 is 8.78 Å². The Kier molecular flexibility index (Phi) is 5.60. The first-order chi connectivity index (χ1) is 13.0. The van der Waals surface area contributed by atoms with Crippen LogP contribution in [0.2, 0.25) is 0 Å². The van der Waals surface area contributed by atoms with Gasteiger partial charge in [-0.2, -0.15) is 0 Å². The Labute approximate surface area is 165 Å². The molecule has 0 spiro atoms. The van der Waals surface area contributed by atoms with Crippen LogP contribution < -0.4 is 11.2 Å². The number of rotatable bonds is 6. The van der Waals surface area contributed by atoms with Crippen molar-refractivity contribution >= 4 is 18.6 Å². The van der Waals surface area contributed by atoms with E-state index in [9.17, 15) is 4.79 Å². The molecule has 1 aromatic carbocycles. The topological polar surface area (TPSA) is 70.8 Å². The SMILES string of the molecule is CCOC(=O)C[C@H](N)c1c(F)c(B2OC(C)(C)C(C)(C)O2)cc(C2CC2)c1F. The zero-order valence-corrected chi connectivity index (χ0v) is 17.1. The highest BCUT2D eigenvalue weighted by Gasteiger charge is 2.53. The number of nitrogens with two attached hydrogens (primary N) is 1. The number of ether oxygens (including phenoxy) is 1. The number of benzene rings is 1. The van der Waals surface area contributed by atoms with Gasteiger partial charge in [0.05, 0.1) is 24.2 Å². The van der Waals surface area contributed by atoms with E-state index in [1.54, 1.807) is 6.92 Å². The third-order valence-electron chi connectivity index (χ3n) is 5.88. The molecular formula is C20H28BF2NO4. The fraction of sp³-hybridized carbons (Fsp3) is 0.650. The molecule has 8 heteroatoms. The highest BCUT2D eigenvalue weighted by Crippen LogP contribution is 2.43. The van der Waals surface area contributed by atoms with Gasteiger partial charge in [0.25, 0.3) is 0 Å². The van der Waals surface area contributed by atoms with Crippen LogP contribution >= 0.6 is 0 Å². The minimum absolute atomic E-state index is 0.0234. The first-order valence-electron chi connectivity index (χ1n) is 9.77. The number of halogens is 2. The summed E-state index contributed by atoms with van der Waals surface area (Å²) < 4.78 is 47.3. The van der Waals surface area contributed by atoms with Crippen molar-refractivity contribution in [2.75, 3.05) is 6.61 Å². The molecule has 2 N–H and O–H groups in total. The number of hydrogen-bond acceptors (Lipinski definition) is 5. The van der Waals surface area contributed by atoms with E-state index in [1.165, 1.54) is 6.07 Å². The fourth-order valence-electron chi connectivity index (χ4n) is 3.36. The van der Waals surface area contributed by atoms with Gasteiger partial charge in [0, 0.05) is 17.1 Å². The molecule has 0 aromatic heterocycles. The monoisotopic (exact) mass is 395 g/mol. The van der Waals surface area contributed by atoms with Gasteiger partial charge < -0.3 is 19.8 Å². The standard InChI is InChI=1S/C20H28BF2NO4/c1-6-26-15(25)10-14(24)16-17(22)12(11-7-8-11)9-13(18(16)23)21-27-19(2,3)20(4,5)28-21/h9,11,14H,6-8,10,24H2,1-5H3/t14-/m0/s1. The van der Waals surface area contributed by atoms with Crippen molar-refractivity contribution in [1.82, 2.24) is 0 Å². The Morgan fingerprint density at radius 1 is 1.25 bits per heavy atom. The summed E-state index contributed by atoms with van der Waals surface area (Å²) in [5, 5.41) is 0. The molecule has 1 heterocycles. The van der Waals surface area contributed by atoms with Gasteiger partial charge in [-0.05, 0) is 58.9 Å². The van der Waals surface area contributed by atoms with Crippen molar-refractivity contribution in [3.05, 3.63) is 28.8 Å². The maximum atomic E-state index is 15.4. The van der Waals surface area contributed by atoms with Crippen LogP contribution in [-0.4, -0.2) is 30.9 Å². The molecule has 1 saturated carbocycles. The zero-order chi connectivity index (χ0) is 20.9. The van der Waals surface area contributed by atoms with Crippen LogP contribution in [0.4, 0.5) is 8.78 Å². The molecule has 28 heavy (non-hydrogen) atoms. The Morgan fingerprint density at radius 3 is 2.32 bits per heavy atom. The molecule has 1 saturated heterocycles. The van der Waals surface area contributed by atoms with Crippen molar-refractivity contribution in [3.63, 3.8) is 0 Å². The van der Waals surface area contributed by atoms with Gasteiger partial charge in [-0.25, -0.2) is 8.78 Å². The van der Waals surface area contributed by atoms with E-state index in [0.717, 1.165) is 12.8 Å². The largest absolute Gasteiger partial charge is 0.497 e. The molecule has 0 radical (unpaired) electrons. The minimum Gasteiger partial charge on any atom is -0.466 e. The lowest BCUT2D eigenvalue weighted by Gasteiger charge is -2.32. The van der Waals surface area contributed by atoms with Gasteiger partial charge in [-0.3, -0.25) is 4.79 Å². The van der Waals surface area contributed by atoms with Gasteiger partial charge in [0.15, 0.2) is 0 Å². The van der Waals surface area contributed by atoms with Crippen molar-refractivity contribution in [1.29, 1.82) is 0 Å². The molecule has 0 amide bonds. The maximum Gasteiger partial charge on any atom is 0.497 e. The smallest absolute Gasteiger partial charge is 0.466 e. The predicted octanol–water partition coefficient (Wildman–Crippen LogP) is 3.09. The van der Waals surface area contributed by atoms with Crippen LogP contribution in [0.5, 0.6) is 0 Å².